The molecule has 0 aliphatic heterocycles. The summed E-state index contributed by atoms with van der Waals surface area (Å²) in [6, 6.07) is 1.63. The van der Waals surface area contributed by atoms with Gasteiger partial charge in [-0.1, -0.05) is 11.8 Å². The van der Waals surface area contributed by atoms with Gasteiger partial charge in [-0.3, -0.25) is 4.90 Å². The number of nitrogens with two attached hydrogens (primary N) is 1. The lowest BCUT2D eigenvalue weighted by atomic mass is 10.2. The molecule has 2 N–H and O–H groups in total. The maximum Gasteiger partial charge on any atom is 0.401 e. The number of hydrogen-bond acceptors (Lipinski definition) is 3. The van der Waals surface area contributed by atoms with E-state index in [4.69, 9.17) is 5.73 Å². The molecular formula is C13H17F3N2S. The summed E-state index contributed by atoms with van der Waals surface area (Å²) < 4.78 is 37.5. The summed E-state index contributed by atoms with van der Waals surface area (Å²) in [6.07, 6.45) is -4.19. The van der Waals surface area contributed by atoms with Crippen LogP contribution in [0.25, 0.3) is 0 Å². The molecule has 0 aliphatic rings. The van der Waals surface area contributed by atoms with Gasteiger partial charge in [0.2, 0.25) is 0 Å². The predicted molar refractivity (Wildman–Crippen MR) is 71.9 cm³/mol. The molecule has 0 spiro atoms. The Hall–Kier alpha value is -1.03. The lowest BCUT2D eigenvalue weighted by Gasteiger charge is -2.27. The highest BCUT2D eigenvalue weighted by molar-refractivity contribution is 7.10. The molecule has 0 unspecified atom stereocenters. The van der Waals surface area contributed by atoms with Crippen LogP contribution in [0, 0.1) is 11.8 Å². The minimum absolute atomic E-state index is 0.181. The van der Waals surface area contributed by atoms with Crippen LogP contribution in [0.15, 0.2) is 11.4 Å². The molecule has 0 aliphatic carbocycles. The molecule has 0 radical (unpaired) electrons. The number of rotatable bonds is 4. The van der Waals surface area contributed by atoms with Crippen LogP contribution < -0.4 is 5.73 Å². The van der Waals surface area contributed by atoms with Crippen LogP contribution in [0.2, 0.25) is 0 Å². The maximum atomic E-state index is 12.5. The molecule has 1 aromatic rings. The third-order valence-corrected chi connectivity index (χ3v) is 3.44. The molecule has 0 atom stereocenters. The fourth-order valence-corrected chi connectivity index (χ4v) is 2.41. The largest absolute Gasteiger partial charge is 0.401 e. The Morgan fingerprint density at radius 2 is 2.11 bits per heavy atom. The van der Waals surface area contributed by atoms with Gasteiger partial charge in [-0.05, 0) is 25.3 Å². The standard InChI is InChI=1S/C13H17F3N2S/c1-10(2)18(9-13(14,15)16)8-12-11(4-3-6-17)5-7-19-12/h5,7,10H,6,8-9,17H2,1-2H3. The van der Waals surface area contributed by atoms with Crippen LogP contribution in [0.4, 0.5) is 13.2 Å². The van der Waals surface area contributed by atoms with Gasteiger partial charge in [-0.15, -0.1) is 11.3 Å². The second-order valence-electron chi connectivity index (χ2n) is 4.38. The van der Waals surface area contributed by atoms with E-state index in [1.54, 1.807) is 13.8 Å². The van der Waals surface area contributed by atoms with Gasteiger partial charge in [0.15, 0.2) is 0 Å². The summed E-state index contributed by atoms with van der Waals surface area (Å²) in [5.41, 5.74) is 6.07. The normalized spacial score (nSPS) is 11.8. The summed E-state index contributed by atoms with van der Waals surface area (Å²) in [4.78, 5) is 2.23. The van der Waals surface area contributed by atoms with Gasteiger partial charge in [-0.25, -0.2) is 0 Å². The van der Waals surface area contributed by atoms with Crippen molar-refractivity contribution in [1.29, 1.82) is 0 Å². The maximum absolute atomic E-state index is 12.5. The van der Waals surface area contributed by atoms with Crippen molar-refractivity contribution < 1.29 is 13.2 Å². The first-order valence-corrected chi connectivity index (χ1v) is 6.77. The van der Waals surface area contributed by atoms with Gasteiger partial charge in [0.1, 0.15) is 0 Å². The van der Waals surface area contributed by atoms with Crippen molar-refractivity contribution in [1.82, 2.24) is 4.90 Å². The average Bonchev–Trinajstić information content (AvgIpc) is 2.71. The van der Waals surface area contributed by atoms with Crippen LogP contribution >= 0.6 is 11.3 Å². The van der Waals surface area contributed by atoms with Crippen molar-refractivity contribution in [3.8, 4) is 11.8 Å². The Morgan fingerprint density at radius 3 is 2.63 bits per heavy atom. The summed E-state index contributed by atoms with van der Waals surface area (Å²) in [7, 11) is 0. The second kappa shape index (κ2) is 6.94. The first-order chi connectivity index (χ1) is 8.83. The van der Waals surface area contributed by atoms with Gasteiger partial charge >= 0.3 is 6.18 Å². The average molecular weight is 290 g/mol. The van der Waals surface area contributed by atoms with E-state index in [0.29, 0.717) is 0 Å². The molecule has 2 nitrogen and oxygen atoms in total. The number of hydrogen-bond donors (Lipinski definition) is 1. The number of nitrogens with zero attached hydrogens (tertiary/aromatic N) is 1. The Bertz CT molecular complexity index is 454. The Balaban J connectivity index is 2.83. The van der Waals surface area contributed by atoms with Crippen LogP contribution in [-0.4, -0.2) is 30.2 Å². The molecule has 1 aromatic heterocycles. The highest BCUT2D eigenvalue weighted by Gasteiger charge is 2.32. The Morgan fingerprint density at radius 1 is 1.42 bits per heavy atom. The molecule has 19 heavy (non-hydrogen) atoms. The van der Waals surface area contributed by atoms with Crippen molar-refractivity contribution in [3.05, 3.63) is 21.9 Å². The summed E-state index contributed by atoms with van der Waals surface area (Å²) in [6.45, 7) is 3.09. The molecule has 0 bridgehead atoms. The van der Waals surface area contributed by atoms with Crippen LogP contribution in [0.1, 0.15) is 24.3 Å². The zero-order chi connectivity index (χ0) is 14.5. The summed E-state index contributed by atoms with van der Waals surface area (Å²) in [5.74, 6) is 5.61. The first kappa shape index (κ1) is 16.0. The van der Waals surface area contributed by atoms with Crippen LogP contribution in [-0.2, 0) is 6.54 Å². The van der Waals surface area contributed by atoms with Crippen molar-refractivity contribution in [2.45, 2.75) is 32.6 Å². The third-order valence-electron chi connectivity index (χ3n) is 2.53. The highest BCUT2D eigenvalue weighted by atomic mass is 32.1. The van der Waals surface area contributed by atoms with Crippen molar-refractivity contribution in [3.63, 3.8) is 0 Å². The van der Waals surface area contributed by atoms with Crippen molar-refractivity contribution >= 4 is 11.3 Å². The zero-order valence-corrected chi connectivity index (χ0v) is 11.7. The van der Waals surface area contributed by atoms with Gasteiger partial charge in [0.25, 0.3) is 0 Å². The smallest absolute Gasteiger partial charge is 0.320 e. The molecule has 0 fully saturated rings. The van der Waals surface area contributed by atoms with Crippen molar-refractivity contribution in [2.75, 3.05) is 13.1 Å². The number of halogens is 3. The van der Waals surface area contributed by atoms with Gasteiger partial charge < -0.3 is 5.73 Å². The molecule has 1 rings (SSSR count). The van der Waals surface area contributed by atoms with E-state index >= 15 is 0 Å². The minimum Gasteiger partial charge on any atom is -0.320 e. The van der Waals surface area contributed by atoms with E-state index in [1.807, 2.05) is 11.4 Å². The minimum atomic E-state index is -4.19. The fourth-order valence-electron chi connectivity index (χ4n) is 1.56. The third kappa shape index (κ3) is 5.64. The first-order valence-electron chi connectivity index (χ1n) is 5.89. The van der Waals surface area contributed by atoms with E-state index < -0.39 is 12.7 Å². The molecule has 106 valence electrons. The van der Waals surface area contributed by atoms with Gasteiger partial charge in [0, 0.05) is 23.0 Å². The molecule has 1 heterocycles. The van der Waals surface area contributed by atoms with E-state index in [9.17, 15) is 13.2 Å². The topological polar surface area (TPSA) is 29.3 Å². The van der Waals surface area contributed by atoms with Gasteiger partial charge in [0.05, 0.1) is 13.1 Å². The molecule has 6 heteroatoms. The quantitative estimate of drug-likeness (QED) is 0.864. The summed E-state index contributed by atoms with van der Waals surface area (Å²) in [5, 5.41) is 1.84. The van der Waals surface area contributed by atoms with E-state index in [0.717, 1.165) is 10.4 Å². The molecular weight excluding hydrogens is 273 g/mol. The van der Waals surface area contributed by atoms with E-state index in [1.165, 1.54) is 16.2 Å². The van der Waals surface area contributed by atoms with Crippen LogP contribution in [0.3, 0.4) is 0 Å². The Kier molecular flexibility index (Phi) is 5.85. The monoisotopic (exact) mass is 290 g/mol. The predicted octanol–water partition coefficient (Wildman–Crippen LogP) is 2.83. The number of thiophene rings is 1. The SMILES string of the molecule is CC(C)N(Cc1sccc1C#CCN)CC(F)(F)F. The molecule has 0 saturated heterocycles. The second-order valence-corrected chi connectivity index (χ2v) is 5.38. The summed E-state index contributed by atoms with van der Waals surface area (Å²) >= 11 is 1.42. The van der Waals surface area contributed by atoms with Crippen LogP contribution in [0.5, 0.6) is 0 Å². The molecule has 0 aromatic carbocycles. The zero-order valence-electron chi connectivity index (χ0n) is 10.9. The lowest BCUT2D eigenvalue weighted by molar-refractivity contribution is -0.150. The van der Waals surface area contributed by atoms with E-state index in [2.05, 4.69) is 11.8 Å². The highest BCUT2D eigenvalue weighted by Crippen LogP contribution is 2.23. The number of alkyl halides is 3. The fraction of sp³-hybridized carbons (Fsp3) is 0.538. The lowest BCUT2D eigenvalue weighted by Crippen LogP contribution is -2.38. The van der Waals surface area contributed by atoms with Crippen molar-refractivity contribution in [2.24, 2.45) is 5.73 Å². The van der Waals surface area contributed by atoms with Gasteiger partial charge in [-0.2, -0.15) is 13.2 Å². The molecule has 0 saturated carbocycles. The Labute approximate surface area is 115 Å². The van der Waals surface area contributed by atoms with E-state index in [-0.39, 0.29) is 19.1 Å². The molecule has 0 amide bonds.